The van der Waals surface area contributed by atoms with Crippen LogP contribution in [0.1, 0.15) is 17.3 Å². The van der Waals surface area contributed by atoms with Gasteiger partial charge in [0, 0.05) is 6.20 Å². The lowest BCUT2D eigenvalue weighted by Crippen LogP contribution is -2.19. The summed E-state index contributed by atoms with van der Waals surface area (Å²) in [6, 6.07) is 10.3. The average molecular weight is 329 g/mol. The van der Waals surface area contributed by atoms with E-state index >= 15 is 0 Å². The van der Waals surface area contributed by atoms with Gasteiger partial charge in [-0.3, -0.25) is 9.59 Å². The largest absolute Gasteiger partial charge is 0.496 e. The van der Waals surface area contributed by atoms with Crippen molar-refractivity contribution < 1.29 is 19.1 Å². The fourth-order valence-electron chi connectivity index (χ4n) is 2.04. The number of hydrogen-bond acceptors (Lipinski definition) is 6. The fraction of sp³-hybridized carbons (Fsp3) is 0.235. The lowest BCUT2D eigenvalue weighted by atomic mass is 10.2. The molecule has 126 valence electrons. The van der Waals surface area contributed by atoms with Crippen LogP contribution in [0.2, 0.25) is 0 Å². The first-order chi connectivity index (χ1) is 11.7. The Morgan fingerprint density at radius 3 is 2.71 bits per heavy atom. The summed E-state index contributed by atoms with van der Waals surface area (Å²) in [5.41, 5.74) is 0.859. The molecule has 1 heterocycles. The normalized spacial score (nSPS) is 9.92. The highest BCUT2D eigenvalue weighted by molar-refractivity contribution is 6.07. The van der Waals surface area contributed by atoms with E-state index in [1.807, 2.05) is 0 Å². The van der Waals surface area contributed by atoms with Crippen molar-refractivity contribution in [3.05, 3.63) is 48.2 Å². The van der Waals surface area contributed by atoms with Gasteiger partial charge in [-0.05, 0) is 31.2 Å². The molecule has 0 aliphatic heterocycles. The molecule has 1 aromatic carbocycles. The van der Waals surface area contributed by atoms with Gasteiger partial charge in [-0.15, -0.1) is 0 Å². The standard InChI is InChI=1S/C17H19N3O4/c1-3-24-15(21)11-19-16-13(8-6-10-18-16)20-17(22)12-7-4-5-9-14(12)23-2/h4-10H,3,11H2,1-2H3,(H,18,19)(H,20,22). The monoisotopic (exact) mass is 329 g/mol. The van der Waals surface area contributed by atoms with Gasteiger partial charge in [0.2, 0.25) is 0 Å². The number of nitrogens with zero attached hydrogens (tertiary/aromatic N) is 1. The molecule has 24 heavy (non-hydrogen) atoms. The van der Waals surface area contributed by atoms with Gasteiger partial charge in [0.15, 0.2) is 0 Å². The van der Waals surface area contributed by atoms with Gasteiger partial charge >= 0.3 is 5.97 Å². The number of benzene rings is 1. The van der Waals surface area contributed by atoms with Crippen LogP contribution < -0.4 is 15.4 Å². The van der Waals surface area contributed by atoms with E-state index < -0.39 is 5.97 Å². The molecule has 2 N–H and O–H groups in total. The summed E-state index contributed by atoms with van der Waals surface area (Å²) in [4.78, 5) is 28.0. The van der Waals surface area contributed by atoms with Gasteiger partial charge in [0.1, 0.15) is 18.1 Å². The molecule has 0 spiro atoms. The van der Waals surface area contributed by atoms with Crippen molar-refractivity contribution in [1.29, 1.82) is 0 Å². The van der Waals surface area contributed by atoms with Gasteiger partial charge in [0.05, 0.1) is 25.0 Å². The first-order valence-electron chi connectivity index (χ1n) is 7.44. The highest BCUT2D eigenvalue weighted by Crippen LogP contribution is 2.22. The van der Waals surface area contributed by atoms with Crippen LogP contribution >= 0.6 is 0 Å². The summed E-state index contributed by atoms with van der Waals surface area (Å²) in [5, 5.41) is 5.61. The Bertz CT molecular complexity index is 718. The second-order valence-electron chi connectivity index (χ2n) is 4.71. The zero-order valence-electron chi connectivity index (χ0n) is 13.5. The molecule has 0 fully saturated rings. The summed E-state index contributed by atoms with van der Waals surface area (Å²) in [6.07, 6.45) is 1.56. The Labute approximate surface area is 140 Å². The van der Waals surface area contributed by atoms with Crippen LogP contribution in [0.5, 0.6) is 5.75 Å². The van der Waals surface area contributed by atoms with Crippen molar-refractivity contribution >= 4 is 23.4 Å². The number of nitrogens with one attached hydrogen (secondary N) is 2. The van der Waals surface area contributed by atoms with E-state index in [0.29, 0.717) is 29.4 Å². The van der Waals surface area contributed by atoms with Gasteiger partial charge in [-0.25, -0.2) is 4.98 Å². The van der Waals surface area contributed by atoms with Crippen molar-refractivity contribution in [3.63, 3.8) is 0 Å². The third-order valence-corrected chi connectivity index (χ3v) is 3.11. The minimum absolute atomic E-state index is 0.0393. The second kappa shape index (κ2) is 8.52. The molecular formula is C17H19N3O4. The van der Waals surface area contributed by atoms with E-state index in [2.05, 4.69) is 15.6 Å². The summed E-state index contributed by atoms with van der Waals surface area (Å²) >= 11 is 0. The Balaban J connectivity index is 2.12. The zero-order valence-corrected chi connectivity index (χ0v) is 13.5. The Hall–Kier alpha value is -3.09. The summed E-state index contributed by atoms with van der Waals surface area (Å²) in [6.45, 7) is 2.00. The first-order valence-corrected chi connectivity index (χ1v) is 7.44. The van der Waals surface area contributed by atoms with Gasteiger partial charge in [-0.1, -0.05) is 12.1 Å². The number of carbonyl (C=O) groups excluding carboxylic acids is 2. The molecule has 0 unspecified atom stereocenters. The number of rotatable bonds is 7. The Kier molecular flexibility index (Phi) is 6.13. The zero-order chi connectivity index (χ0) is 17.4. The number of carbonyl (C=O) groups is 2. The van der Waals surface area contributed by atoms with Crippen molar-refractivity contribution in [2.24, 2.45) is 0 Å². The SMILES string of the molecule is CCOC(=O)CNc1ncccc1NC(=O)c1ccccc1OC. The Morgan fingerprint density at radius 2 is 1.96 bits per heavy atom. The number of para-hydroxylation sites is 1. The van der Waals surface area contributed by atoms with E-state index in [0.717, 1.165) is 0 Å². The highest BCUT2D eigenvalue weighted by atomic mass is 16.5. The van der Waals surface area contributed by atoms with E-state index in [4.69, 9.17) is 9.47 Å². The van der Waals surface area contributed by atoms with E-state index in [-0.39, 0.29) is 12.5 Å². The fourth-order valence-corrected chi connectivity index (χ4v) is 2.04. The van der Waals surface area contributed by atoms with Crippen LogP contribution in [-0.4, -0.2) is 37.1 Å². The molecule has 2 aromatic rings. The molecule has 2 rings (SSSR count). The summed E-state index contributed by atoms with van der Waals surface area (Å²) < 4.78 is 10.0. The molecule has 7 nitrogen and oxygen atoms in total. The predicted molar refractivity (Wildman–Crippen MR) is 90.3 cm³/mol. The maximum absolute atomic E-state index is 12.4. The average Bonchev–Trinajstić information content (AvgIpc) is 2.61. The summed E-state index contributed by atoms with van der Waals surface area (Å²) in [7, 11) is 1.50. The number of pyridine rings is 1. The van der Waals surface area contributed by atoms with Crippen LogP contribution in [-0.2, 0) is 9.53 Å². The summed E-state index contributed by atoms with van der Waals surface area (Å²) in [5.74, 6) is 0.124. The number of hydrogen-bond donors (Lipinski definition) is 2. The quantitative estimate of drug-likeness (QED) is 0.758. The number of anilines is 2. The predicted octanol–water partition coefficient (Wildman–Crippen LogP) is 2.32. The minimum atomic E-state index is -0.398. The molecule has 0 aliphatic rings. The molecule has 0 saturated heterocycles. The third kappa shape index (κ3) is 4.45. The molecular weight excluding hydrogens is 310 g/mol. The topological polar surface area (TPSA) is 89.5 Å². The number of ether oxygens (including phenoxy) is 2. The smallest absolute Gasteiger partial charge is 0.325 e. The van der Waals surface area contributed by atoms with Crippen molar-refractivity contribution in [2.75, 3.05) is 30.9 Å². The van der Waals surface area contributed by atoms with E-state index in [1.165, 1.54) is 7.11 Å². The molecule has 0 atom stereocenters. The number of methoxy groups -OCH3 is 1. The van der Waals surface area contributed by atoms with Crippen LogP contribution in [0.4, 0.5) is 11.5 Å². The Morgan fingerprint density at radius 1 is 1.17 bits per heavy atom. The van der Waals surface area contributed by atoms with E-state index in [1.54, 1.807) is 49.5 Å². The van der Waals surface area contributed by atoms with Crippen LogP contribution in [0.3, 0.4) is 0 Å². The number of esters is 1. The van der Waals surface area contributed by atoms with Gasteiger partial charge in [-0.2, -0.15) is 0 Å². The lowest BCUT2D eigenvalue weighted by molar-refractivity contribution is -0.140. The molecule has 1 aromatic heterocycles. The number of aromatic nitrogens is 1. The molecule has 7 heteroatoms. The van der Waals surface area contributed by atoms with Crippen LogP contribution in [0.15, 0.2) is 42.6 Å². The first kappa shape index (κ1) is 17.3. The maximum Gasteiger partial charge on any atom is 0.325 e. The highest BCUT2D eigenvalue weighted by Gasteiger charge is 2.14. The molecule has 0 radical (unpaired) electrons. The van der Waals surface area contributed by atoms with Crippen molar-refractivity contribution in [1.82, 2.24) is 4.98 Å². The van der Waals surface area contributed by atoms with Gasteiger partial charge in [0.25, 0.3) is 5.91 Å². The van der Waals surface area contributed by atoms with E-state index in [9.17, 15) is 9.59 Å². The third-order valence-electron chi connectivity index (χ3n) is 3.11. The number of amides is 1. The van der Waals surface area contributed by atoms with Crippen LogP contribution in [0.25, 0.3) is 0 Å². The maximum atomic E-state index is 12.4. The molecule has 0 aliphatic carbocycles. The van der Waals surface area contributed by atoms with Crippen LogP contribution in [0, 0.1) is 0 Å². The minimum Gasteiger partial charge on any atom is -0.496 e. The van der Waals surface area contributed by atoms with Crippen molar-refractivity contribution in [2.45, 2.75) is 6.92 Å². The van der Waals surface area contributed by atoms with Crippen molar-refractivity contribution in [3.8, 4) is 5.75 Å². The second-order valence-corrected chi connectivity index (χ2v) is 4.71. The lowest BCUT2D eigenvalue weighted by Gasteiger charge is -2.13. The molecule has 0 saturated carbocycles. The van der Waals surface area contributed by atoms with Gasteiger partial charge < -0.3 is 20.1 Å². The molecule has 0 bridgehead atoms. The molecule has 1 amide bonds.